The predicted molar refractivity (Wildman–Crippen MR) is 68.7 cm³/mol. The van der Waals surface area contributed by atoms with Gasteiger partial charge in [0.25, 0.3) is 0 Å². The smallest absolute Gasteiger partial charge is 0.384 e. The van der Waals surface area contributed by atoms with Crippen LogP contribution in [-0.4, -0.2) is 16.9 Å². The number of nitrogen functional groups attached to an aromatic ring is 1. The molecule has 0 aliphatic heterocycles. The summed E-state index contributed by atoms with van der Waals surface area (Å²) >= 11 is 5.75. The minimum Gasteiger partial charge on any atom is -0.384 e. The van der Waals surface area contributed by atoms with Crippen molar-refractivity contribution in [2.45, 2.75) is 12.8 Å². The molecule has 4 nitrogen and oxygen atoms in total. The lowest BCUT2D eigenvalue weighted by molar-refractivity contribution is -0.137. The standard InChI is InChI=1S/C12H10ClF4N3O/c1-21-5-7-4-10(18)20(19-7)11-8(13)2-6(3-9(11)14)12(15,16)17/h2-4H,5,18H2,1H3. The number of nitrogens with zero attached hydrogens (tertiary/aromatic N) is 2. The highest BCUT2D eigenvalue weighted by Gasteiger charge is 2.32. The van der Waals surface area contributed by atoms with Gasteiger partial charge in [-0.15, -0.1) is 0 Å². The van der Waals surface area contributed by atoms with Crippen molar-refractivity contribution in [3.05, 3.63) is 40.3 Å². The summed E-state index contributed by atoms with van der Waals surface area (Å²) < 4.78 is 57.5. The van der Waals surface area contributed by atoms with Crippen molar-refractivity contribution < 1.29 is 22.3 Å². The van der Waals surface area contributed by atoms with Gasteiger partial charge in [-0.1, -0.05) is 11.6 Å². The van der Waals surface area contributed by atoms with Crippen LogP contribution in [-0.2, 0) is 17.5 Å². The summed E-state index contributed by atoms with van der Waals surface area (Å²) in [6.45, 7) is 0.122. The lowest BCUT2D eigenvalue weighted by Crippen LogP contribution is -2.10. The van der Waals surface area contributed by atoms with Crippen LogP contribution in [0.2, 0.25) is 5.02 Å². The zero-order chi connectivity index (χ0) is 15.8. The van der Waals surface area contributed by atoms with Gasteiger partial charge in [-0.2, -0.15) is 18.3 Å². The number of nitrogens with two attached hydrogens (primary N) is 1. The number of aromatic nitrogens is 2. The van der Waals surface area contributed by atoms with Gasteiger partial charge in [0, 0.05) is 13.2 Å². The third-order valence-electron chi connectivity index (χ3n) is 2.64. The van der Waals surface area contributed by atoms with Crippen LogP contribution in [0.3, 0.4) is 0 Å². The summed E-state index contributed by atoms with van der Waals surface area (Å²) in [6, 6.07) is 2.38. The van der Waals surface area contributed by atoms with Gasteiger partial charge in [0.05, 0.1) is 22.9 Å². The van der Waals surface area contributed by atoms with Gasteiger partial charge in [-0.25, -0.2) is 9.07 Å². The third kappa shape index (κ3) is 3.11. The maximum Gasteiger partial charge on any atom is 0.416 e. The topological polar surface area (TPSA) is 53.1 Å². The highest BCUT2D eigenvalue weighted by atomic mass is 35.5. The van der Waals surface area contributed by atoms with E-state index >= 15 is 0 Å². The van der Waals surface area contributed by atoms with Crippen LogP contribution in [0.1, 0.15) is 11.3 Å². The van der Waals surface area contributed by atoms with E-state index in [0.29, 0.717) is 17.8 Å². The minimum atomic E-state index is -4.69. The Morgan fingerprint density at radius 1 is 1.33 bits per heavy atom. The second-order valence-electron chi connectivity index (χ2n) is 4.19. The van der Waals surface area contributed by atoms with Gasteiger partial charge in [0.15, 0.2) is 5.82 Å². The van der Waals surface area contributed by atoms with Crippen LogP contribution in [0.4, 0.5) is 23.4 Å². The number of hydrogen-bond acceptors (Lipinski definition) is 3. The fraction of sp³-hybridized carbons (Fsp3) is 0.250. The highest BCUT2D eigenvalue weighted by molar-refractivity contribution is 6.32. The summed E-state index contributed by atoms with van der Waals surface area (Å²) in [4.78, 5) is 0. The molecule has 2 aromatic rings. The van der Waals surface area contributed by atoms with Crippen LogP contribution < -0.4 is 5.73 Å². The zero-order valence-electron chi connectivity index (χ0n) is 10.7. The molecule has 0 atom stereocenters. The van der Waals surface area contributed by atoms with E-state index in [1.54, 1.807) is 0 Å². The highest BCUT2D eigenvalue weighted by Crippen LogP contribution is 2.35. The molecule has 0 aliphatic rings. The molecule has 0 radical (unpaired) electrons. The normalized spacial score (nSPS) is 11.9. The molecule has 2 rings (SSSR count). The van der Waals surface area contributed by atoms with E-state index in [9.17, 15) is 17.6 Å². The monoisotopic (exact) mass is 323 g/mol. The number of alkyl halides is 3. The molecular formula is C12H10ClF4N3O. The Kier molecular flexibility index (Phi) is 4.11. The van der Waals surface area contributed by atoms with Crippen molar-refractivity contribution in [1.29, 1.82) is 0 Å². The second kappa shape index (κ2) is 5.53. The van der Waals surface area contributed by atoms with Gasteiger partial charge >= 0.3 is 6.18 Å². The Hall–Kier alpha value is -1.80. The van der Waals surface area contributed by atoms with E-state index in [4.69, 9.17) is 22.1 Å². The Balaban J connectivity index is 2.55. The van der Waals surface area contributed by atoms with Crippen LogP contribution >= 0.6 is 11.6 Å². The average Bonchev–Trinajstić information content (AvgIpc) is 2.69. The van der Waals surface area contributed by atoms with E-state index in [0.717, 1.165) is 4.68 Å². The molecule has 0 saturated carbocycles. The van der Waals surface area contributed by atoms with Crippen molar-refractivity contribution in [2.24, 2.45) is 0 Å². The van der Waals surface area contributed by atoms with Gasteiger partial charge < -0.3 is 10.5 Å². The Bertz CT molecular complexity index is 646. The maximum atomic E-state index is 14.0. The molecule has 1 aromatic heterocycles. The van der Waals surface area contributed by atoms with Gasteiger partial charge in [-0.3, -0.25) is 0 Å². The average molecular weight is 324 g/mol. The van der Waals surface area contributed by atoms with Gasteiger partial charge in [0.1, 0.15) is 11.5 Å². The molecule has 9 heteroatoms. The first-order valence-corrected chi connectivity index (χ1v) is 6.01. The van der Waals surface area contributed by atoms with Crippen LogP contribution in [0.5, 0.6) is 0 Å². The Labute approximate surface area is 122 Å². The largest absolute Gasteiger partial charge is 0.416 e. The molecule has 0 bridgehead atoms. The number of ether oxygens (including phenoxy) is 1. The predicted octanol–water partition coefficient (Wildman–Crippen LogP) is 3.41. The minimum absolute atomic E-state index is 0.0302. The molecule has 1 aromatic carbocycles. The maximum absolute atomic E-state index is 14.0. The molecule has 0 unspecified atom stereocenters. The van der Waals surface area contributed by atoms with Gasteiger partial charge in [0.2, 0.25) is 0 Å². The number of methoxy groups -OCH3 is 1. The summed E-state index contributed by atoms with van der Waals surface area (Å²) in [6.07, 6.45) is -4.69. The summed E-state index contributed by atoms with van der Waals surface area (Å²) in [5, 5.41) is 3.50. The molecule has 21 heavy (non-hydrogen) atoms. The van der Waals surface area contributed by atoms with Crippen molar-refractivity contribution in [3.8, 4) is 5.69 Å². The molecule has 0 saturated heterocycles. The molecule has 1 heterocycles. The Morgan fingerprint density at radius 2 is 2.00 bits per heavy atom. The molecule has 0 aliphatic carbocycles. The van der Waals surface area contributed by atoms with E-state index in [-0.39, 0.29) is 18.1 Å². The first kappa shape index (κ1) is 15.6. The number of rotatable bonds is 3. The van der Waals surface area contributed by atoms with Crippen molar-refractivity contribution in [2.75, 3.05) is 12.8 Å². The molecule has 0 amide bonds. The third-order valence-corrected chi connectivity index (χ3v) is 2.92. The first-order valence-electron chi connectivity index (χ1n) is 5.64. The first-order chi connectivity index (χ1) is 9.74. The van der Waals surface area contributed by atoms with Crippen molar-refractivity contribution in [3.63, 3.8) is 0 Å². The summed E-state index contributed by atoms with van der Waals surface area (Å²) in [5.41, 5.74) is 4.53. The quantitative estimate of drug-likeness (QED) is 0.881. The Morgan fingerprint density at radius 3 is 2.52 bits per heavy atom. The van der Waals surface area contributed by atoms with E-state index in [2.05, 4.69) is 5.10 Å². The molecule has 2 N–H and O–H groups in total. The fourth-order valence-corrected chi connectivity index (χ4v) is 2.06. The van der Waals surface area contributed by atoms with Crippen molar-refractivity contribution >= 4 is 17.4 Å². The molecule has 0 fully saturated rings. The number of anilines is 1. The van der Waals surface area contributed by atoms with Crippen LogP contribution in [0, 0.1) is 5.82 Å². The van der Waals surface area contributed by atoms with E-state index in [1.165, 1.54) is 13.2 Å². The lowest BCUT2D eigenvalue weighted by Gasteiger charge is -2.12. The number of benzene rings is 1. The van der Waals surface area contributed by atoms with E-state index < -0.39 is 22.6 Å². The number of hydrogen-bond donors (Lipinski definition) is 1. The molecule has 114 valence electrons. The van der Waals surface area contributed by atoms with E-state index in [1.807, 2.05) is 0 Å². The number of halogens is 5. The fourth-order valence-electron chi connectivity index (χ4n) is 1.78. The molecule has 0 spiro atoms. The lowest BCUT2D eigenvalue weighted by atomic mass is 10.2. The zero-order valence-corrected chi connectivity index (χ0v) is 11.5. The van der Waals surface area contributed by atoms with Crippen LogP contribution in [0.15, 0.2) is 18.2 Å². The van der Waals surface area contributed by atoms with Crippen LogP contribution in [0.25, 0.3) is 5.69 Å². The summed E-state index contributed by atoms with van der Waals surface area (Å²) in [5.74, 6) is -1.14. The van der Waals surface area contributed by atoms with Gasteiger partial charge in [-0.05, 0) is 12.1 Å². The van der Waals surface area contributed by atoms with Crippen molar-refractivity contribution in [1.82, 2.24) is 9.78 Å². The SMILES string of the molecule is COCc1cc(N)n(-c2c(F)cc(C(F)(F)F)cc2Cl)n1. The second-order valence-corrected chi connectivity index (χ2v) is 4.60. The summed E-state index contributed by atoms with van der Waals surface area (Å²) in [7, 11) is 1.43. The molecular weight excluding hydrogens is 314 g/mol.